The maximum absolute atomic E-state index is 13.7. The Balaban J connectivity index is 2.42. The van der Waals surface area contributed by atoms with E-state index < -0.39 is 22.0 Å². The molecule has 0 bridgehead atoms. The van der Waals surface area contributed by atoms with Gasteiger partial charge in [-0.2, -0.15) is 0 Å². The summed E-state index contributed by atoms with van der Waals surface area (Å²) in [6.45, 7) is 9.58. The lowest BCUT2D eigenvalue weighted by molar-refractivity contribution is -0.140. The molecule has 0 unspecified atom stereocenters. The van der Waals surface area contributed by atoms with Crippen molar-refractivity contribution in [1.29, 1.82) is 0 Å². The van der Waals surface area contributed by atoms with E-state index in [0.29, 0.717) is 12.1 Å². The van der Waals surface area contributed by atoms with Gasteiger partial charge in [0.1, 0.15) is 12.6 Å². The highest BCUT2D eigenvalue weighted by molar-refractivity contribution is 7.92. The summed E-state index contributed by atoms with van der Waals surface area (Å²) in [5, 5.41) is 2.97. The summed E-state index contributed by atoms with van der Waals surface area (Å²) in [6, 6.07) is 14.1. The fourth-order valence-corrected chi connectivity index (χ4v) is 4.61. The molecule has 0 radical (unpaired) electrons. The number of benzene rings is 2. The molecule has 8 heteroatoms. The number of carbonyl (C=O) groups excluding carboxylic acids is 2. The van der Waals surface area contributed by atoms with E-state index in [-0.39, 0.29) is 25.0 Å². The third-order valence-electron chi connectivity index (χ3n) is 6.17. The Morgan fingerprint density at radius 1 is 0.914 bits per heavy atom. The zero-order chi connectivity index (χ0) is 26.2. The molecule has 2 aromatic carbocycles. The number of anilines is 1. The molecule has 0 fully saturated rings. The first-order valence-electron chi connectivity index (χ1n) is 12.2. The molecule has 2 amide bonds. The second-order valence-electron chi connectivity index (χ2n) is 9.04. The first kappa shape index (κ1) is 28.4. The Morgan fingerprint density at radius 2 is 1.49 bits per heavy atom. The number of amides is 2. The quantitative estimate of drug-likeness (QED) is 0.475. The van der Waals surface area contributed by atoms with Crippen molar-refractivity contribution in [3.05, 3.63) is 65.2 Å². The number of hydrogen-bond acceptors (Lipinski definition) is 4. The van der Waals surface area contributed by atoms with Gasteiger partial charge in [0, 0.05) is 12.6 Å². The Kier molecular flexibility index (Phi) is 10.3. The molecule has 2 rings (SSSR count). The van der Waals surface area contributed by atoms with Crippen LogP contribution in [0.25, 0.3) is 0 Å². The minimum atomic E-state index is -3.73. The van der Waals surface area contributed by atoms with Crippen molar-refractivity contribution in [2.24, 2.45) is 0 Å². The van der Waals surface area contributed by atoms with Crippen molar-refractivity contribution >= 4 is 27.5 Å². The van der Waals surface area contributed by atoms with E-state index >= 15 is 0 Å². The second-order valence-corrected chi connectivity index (χ2v) is 10.9. The first-order valence-corrected chi connectivity index (χ1v) is 14.1. The maximum atomic E-state index is 13.7. The normalized spacial score (nSPS) is 13.1. The van der Waals surface area contributed by atoms with E-state index in [9.17, 15) is 18.0 Å². The maximum Gasteiger partial charge on any atom is 0.244 e. The van der Waals surface area contributed by atoms with Gasteiger partial charge in [0.05, 0.1) is 11.9 Å². The number of sulfonamides is 1. The summed E-state index contributed by atoms with van der Waals surface area (Å²) in [7, 11) is -3.73. The third kappa shape index (κ3) is 8.09. The van der Waals surface area contributed by atoms with E-state index in [0.717, 1.165) is 40.1 Å². The molecule has 1 N–H and O–H groups in total. The summed E-state index contributed by atoms with van der Waals surface area (Å²) in [6.07, 6.45) is 3.09. The Bertz CT molecular complexity index is 1080. The number of rotatable bonds is 12. The zero-order valence-corrected chi connectivity index (χ0v) is 22.6. The van der Waals surface area contributed by atoms with E-state index in [1.54, 1.807) is 12.1 Å². The van der Waals surface area contributed by atoms with E-state index in [2.05, 4.69) is 5.32 Å². The number of hydrogen-bond donors (Lipinski definition) is 1. The standard InChI is InChI=1S/C27H39N3O4S/c1-7-21(5)28-27(32)25(9-3)29(18-23-12-10-20(4)11-13-23)26(31)19-30(35(6,33)34)24-16-14-22(8-2)15-17-24/h10-17,21,25H,7-9,18-19H2,1-6H3,(H,28,32)/t21-,25+/m1/s1. The number of nitrogens with zero attached hydrogens (tertiary/aromatic N) is 2. The smallest absolute Gasteiger partial charge is 0.244 e. The van der Waals surface area contributed by atoms with Crippen LogP contribution in [0.15, 0.2) is 48.5 Å². The molecule has 0 aliphatic heterocycles. The number of nitrogens with one attached hydrogen (secondary N) is 1. The summed E-state index contributed by atoms with van der Waals surface area (Å²) in [5.41, 5.74) is 3.46. The van der Waals surface area contributed by atoms with Crippen LogP contribution < -0.4 is 9.62 Å². The van der Waals surface area contributed by atoms with Crippen LogP contribution >= 0.6 is 0 Å². The van der Waals surface area contributed by atoms with Crippen molar-refractivity contribution in [1.82, 2.24) is 10.2 Å². The molecule has 0 spiro atoms. The Hall–Kier alpha value is -2.87. The van der Waals surface area contributed by atoms with Crippen molar-refractivity contribution in [3.8, 4) is 0 Å². The summed E-state index contributed by atoms with van der Waals surface area (Å²) in [5.74, 6) is -0.665. The van der Waals surface area contributed by atoms with Crippen LogP contribution in [0.4, 0.5) is 5.69 Å². The van der Waals surface area contributed by atoms with Crippen molar-refractivity contribution in [3.63, 3.8) is 0 Å². The highest BCUT2D eigenvalue weighted by atomic mass is 32.2. The van der Waals surface area contributed by atoms with Gasteiger partial charge in [0.25, 0.3) is 0 Å². The van der Waals surface area contributed by atoms with Crippen LogP contribution in [-0.2, 0) is 32.6 Å². The average molecular weight is 502 g/mol. The van der Waals surface area contributed by atoms with Gasteiger partial charge in [0.15, 0.2) is 0 Å². The molecule has 0 heterocycles. The van der Waals surface area contributed by atoms with E-state index in [4.69, 9.17) is 0 Å². The highest BCUT2D eigenvalue weighted by Crippen LogP contribution is 2.21. The fraction of sp³-hybridized carbons (Fsp3) is 0.481. The largest absolute Gasteiger partial charge is 0.352 e. The monoisotopic (exact) mass is 501 g/mol. The predicted octanol–water partition coefficient (Wildman–Crippen LogP) is 4.05. The Labute approximate surface area is 210 Å². The average Bonchev–Trinajstić information content (AvgIpc) is 2.82. The van der Waals surface area contributed by atoms with Gasteiger partial charge in [-0.15, -0.1) is 0 Å². The van der Waals surface area contributed by atoms with Crippen LogP contribution in [-0.4, -0.2) is 50.0 Å². The predicted molar refractivity (Wildman–Crippen MR) is 142 cm³/mol. The fourth-order valence-electron chi connectivity index (χ4n) is 3.76. The molecule has 2 atom stereocenters. The van der Waals surface area contributed by atoms with Gasteiger partial charge in [0.2, 0.25) is 21.8 Å². The Morgan fingerprint density at radius 3 is 1.97 bits per heavy atom. The van der Waals surface area contributed by atoms with Gasteiger partial charge in [-0.25, -0.2) is 8.42 Å². The number of aryl methyl sites for hydroxylation is 2. The second kappa shape index (κ2) is 12.7. The lowest BCUT2D eigenvalue weighted by Gasteiger charge is -2.33. The minimum absolute atomic E-state index is 0.0301. The summed E-state index contributed by atoms with van der Waals surface area (Å²) < 4.78 is 26.5. The van der Waals surface area contributed by atoms with Gasteiger partial charge in [-0.1, -0.05) is 62.7 Å². The molecule has 0 aliphatic carbocycles. The highest BCUT2D eigenvalue weighted by Gasteiger charge is 2.32. The van der Waals surface area contributed by atoms with Gasteiger partial charge < -0.3 is 10.2 Å². The van der Waals surface area contributed by atoms with Crippen LogP contribution in [0.5, 0.6) is 0 Å². The van der Waals surface area contributed by atoms with Crippen molar-refractivity contribution < 1.29 is 18.0 Å². The molecule has 7 nitrogen and oxygen atoms in total. The minimum Gasteiger partial charge on any atom is -0.352 e. The number of carbonyl (C=O) groups is 2. The molecule has 0 aliphatic rings. The summed E-state index contributed by atoms with van der Waals surface area (Å²) in [4.78, 5) is 28.3. The SMILES string of the molecule is CCc1ccc(N(CC(=O)N(Cc2ccc(C)cc2)[C@@H](CC)C(=O)N[C@H](C)CC)S(C)(=O)=O)cc1. The molecule has 0 aromatic heterocycles. The first-order chi connectivity index (χ1) is 16.5. The molecular weight excluding hydrogens is 462 g/mol. The lowest BCUT2D eigenvalue weighted by Crippen LogP contribution is -2.53. The van der Waals surface area contributed by atoms with Crippen LogP contribution in [0.3, 0.4) is 0 Å². The van der Waals surface area contributed by atoms with E-state index in [1.165, 1.54) is 4.90 Å². The van der Waals surface area contributed by atoms with Gasteiger partial charge >= 0.3 is 0 Å². The molecule has 192 valence electrons. The van der Waals surface area contributed by atoms with Gasteiger partial charge in [-0.05, 0) is 56.4 Å². The molecule has 0 saturated heterocycles. The molecule has 0 saturated carbocycles. The molecule has 35 heavy (non-hydrogen) atoms. The van der Waals surface area contributed by atoms with Crippen molar-refractivity contribution in [2.75, 3.05) is 17.1 Å². The van der Waals surface area contributed by atoms with Crippen LogP contribution in [0, 0.1) is 6.92 Å². The van der Waals surface area contributed by atoms with Gasteiger partial charge in [-0.3, -0.25) is 13.9 Å². The summed E-state index contributed by atoms with van der Waals surface area (Å²) >= 11 is 0. The van der Waals surface area contributed by atoms with E-state index in [1.807, 2.05) is 71.0 Å². The third-order valence-corrected chi connectivity index (χ3v) is 7.31. The van der Waals surface area contributed by atoms with Crippen LogP contribution in [0.1, 0.15) is 57.2 Å². The molecular formula is C27H39N3O4S. The topological polar surface area (TPSA) is 86.8 Å². The lowest BCUT2D eigenvalue weighted by atomic mass is 10.1. The molecule has 2 aromatic rings. The van der Waals surface area contributed by atoms with Crippen molar-refractivity contribution in [2.45, 2.75) is 72.5 Å². The zero-order valence-electron chi connectivity index (χ0n) is 21.7. The van der Waals surface area contributed by atoms with Crippen LogP contribution in [0.2, 0.25) is 0 Å².